The molecule has 0 atom stereocenters. The van der Waals surface area contributed by atoms with Crippen LogP contribution in [0.15, 0.2) is 200 Å². The first-order chi connectivity index (χ1) is 26.1. The van der Waals surface area contributed by atoms with E-state index in [9.17, 15) is 0 Å². The topological polar surface area (TPSA) is 3.24 Å². The summed E-state index contributed by atoms with van der Waals surface area (Å²) in [6.07, 6.45) is 0. The van der Waals surface area contributed by atoms with Crippen molar-refractivity contribution in [2.24, 2.45) is 0 Å². The van der Waals surface area contributed by atoms with Crippen LogP contribution in [0.5, 0.6) is 0 Å². The van der Waals surface area contributed by atoms with Gasteiger partial charge in [0.1, 0.15) is 0 Å². The molecule has 0 saturated carbocycles. The molecular weight excluding hydrogens is 639 g/mol. The fraction of sp³-hybridized carbons (Fsp3) is 0.0769. The molecule has 1 nitrogen and oxygen atoms in total. The van der Waals surface area contributed by atoms with Gasteiger partial charge in [0.2, 0.25) is 0 Å². The van der Waals surface area contributed by atoms with Crippen molar-refractivity contribution in [3.63, 3.8) is 0 Å². The van der Waals surface area contributed by atoms with E-state index in [4.69, 9.17) is 0 Å². The third-order valence-electron chi connectivity index (χ3n) is 11.7. The summed E-state index contributed by atoms with van der Waals surface area (Å²) in [6, 6.07) is 74.0. The van der Waals surface area contributed by atoms with E-state index in [2.05, 4.69) is 219 Å². The SMILES string of the molecule is CC1(C)c2ccccc2-c2c1cc1c(c2N(c2ccccc2)c2ccccc2)-c2cc(-c3ccccc3)ccc2C1(c1ccccc1)c1ccccc1. The van der Waals surface area contributed by atoms with E-state index in [1.165, 1.54) is 72.4 Å². The first-order valence-corrected chi connectivity index (χ1v) is 18.6. The third kappa shape index (κ3) is 4.57. The number of para-hydroxylation sites is 2. The van der Waals surface area contributed by atoms with E-state index >= 15 is 0 Å². The summed E-state index contributed by atoms with van der Waals surface area (Å²) >= 11 is 0. The van der Waals surface area contributed by atoms with Crippen LogP contribution in [0.4, 0.5) is 17.1 Å². The molecule has 0 aliphatic heterocycles. The zero-order valence-electron chi connectivity index (χ0n) is 30.0. The molecule has 0 aromatic heterocycles. The molecule has 2 aliphatic rings. The van der Waals surface area contributed by atoms with Crippen molar-refractivity contribution in [1.82, 2.24) is 0 Å². The van der Waals surface area contributed by atoms with Crippen molar-refractivity contribution in [2.45, 2.75) is 24.7 Å². The van der Waals surface area contributed by atoms with Gasteiger partial charge in [0.05, 0.1) is 11.1 Å². The van der Waals surface area contributed by atoms with E-state index in [-0.39, 0.29) is 5.41 Å². The molecule has 2 aliphatic carbocycles. The van der Waals surface area contributed by atoms with E-state index in [0.29, 0.717) is 0 Å². The molecular formula is C52H39N. The predicted molar refractivity (Wildman–Crippen MR) is 221 cm³/mol. The van der Waals surface area contributed by atoms with Gasteiger partial charge in [0, 0.05) is 27.9 Å². The Morgan fingerprint density at radius 3 is 1.43 bits per heavy atom. The maximum absolute atomic E-state index is 2.59. The lowest BCUT2D eigenvalue weighted by molar-refractivity contribution is 0.656. The molecule has 0 amide bonds. The van der Waals surface area contributed by atoms with Gasteiger partial charge in [0.25, 0.3) is 0 Å². The Kier molecular flexibility index (Phi) is 7.13. The standard InChI is InChI=1S/C52H39N/c1-51(2)44-31-19-18-30-42(44)48-46(51)35-47-49(50(48)53(40-26-14-6-15-27-40)41-28-16-7-17-29-41)43-34-37(36-20-8-3-9-21-36)32-33-45(43)52(47,38-22-10-4-11-23-38)39-24-12-5-13-25-39/h3-35H,1-2H3. The largest absolute Gasteiger partial charge is 0.309 e. The van der Waals surface area contributed by atoms with Crippen molar-refractivity contribution in [3.8, 4) is 33.4 Å². The first kappa shape index (κ1) is 31.3. The van der Waals surface area contributed by atoms with Crippen LogP contribution in [0, 0.1) is 0 Å². The summed E-state index contributed by atoms with van der Waals surface area (Å²) in [4.78, 5) is 2.53. The Hall–Kier alpha value is -6.44. The minimum atomic E-state index is -0.559. The maximum Gasteiger partial charge on any atom is 0.0714 e. The highest BCUT2D eigenvalue weighted by atomic mass is 15.1. The molecule has 8 aromatic carbocycles. The summed E-state index contributed by atoms with van der Waals surface area (Å²) in [6.45, 7) is 4.82. The zero-order chi connectivity index (χ0) is 35.6. The van der Waals surface area contributed by atoms with Gasteiger partial charge in [-0.15, -0.1) is 0 Å². The highest BCUT2D eigenvalue weighted by Gasteiger charge is 2.51. The van der Waals surface area contributed by atoms with Crippen LogP contribution in [0.3, 0.4) is 0 Å². The minimum absolute atomic E-state index is 0.224. The average Bonchev–Trinajstić information content (AvgIpc) is 3.65. The van der Waals surface area contributed by atoms with Crippen LogP contribution >= 0.6 is 0 Å². The number of benzene rings is 8. The Balaban J connectivity index is 1.45. The van der Waals surface area contributed by atoms with Crippen LogP contribution in [0.1, 0.15) is 47.2 Å². The summed E-state index contributed by atoms with van der Waals surface area (Å²) in [5.41, 5.74) is 18.2. The molecule has 10 rings (SSSR count). The van der Waals surface area contributed by atoms with Crippen LogP contribution in [-0.2, 0) is 10.8 Å². The monoisotopic (exact) mass is 677 g/mol. The molecule has 1 heteroatoms. The van der Waals surface area contributed by atoms with Gasteiger partial charge in [-0.25, -0.2) is 0 Å². The second-order valence-corrected chi connectivity index (χ2v) is 14.9. The minimum Gasteiger partial charge on any atom is -0.309 e. The molecule has 0 unspecified atom stereocenters. The van der Waals surface area contributed by atoms with Crippen molar-refractivity contribution >= 4 is 17.1 Å². The Morgan fingerprint density at radius 2 is 0.849 bits per heavy atom. The van der Waals surface area contributed by atoms with Gasteiger partial charge in [-0.05, 0) is 86.0 Å². The summed E-state index contributed by atoms with van der Waals surface area (Å²) in [7, 11) is 0. The Labute approximate surface area is 312 Å². The van der Waals surface area contributed by atoms with Gasteiger partial charge < -0.3 is 4.90 Å². The number of anilines is 3. The third-order valence-corrected chi connectivity index (χ3v) is 11.7. The fourth-order valence-electron chi connectivity index (χ4n) is 9.38. The molecule has 8 aromatic rings. The Bertz CT molecular complexity index is 2530. The smallest absolute Gasteiger partial charge is 0.0714 e. The van der Waals surface area contributed by atoms with E-state index in [1.807, 2.05) is 0 Å². The van der Waals surface area contributed by atoms with E-state index in [0.717, 1.165) is 11.4 Å². The number of fused-ring (bicyclic) bond motifs is 6. The van der Waals surface area contributed by atoms with Crippen molar-refractivity contribution in [3.05, 3.63) is 234 Å². The lowest BCUT2D eigenvalue weighted by atomic mass is 9.66. The molecule has 0 spiro atoms. The second-order valence-electron chi connectivity index (χ2n) is 14.9. The van der Waals surface area contributed by atoms with Gasteiger partial charge in [0.15, 0.2) is 0 Å². The van der Waals surface area contributed by atoms with Crippen LogP contribution in [0.25, 0.3) is 33.4 Å². The molecule has 0 fully saturated rings. The van der Waals surface area contributed by atoms with Crippen molar-refractivity contribution in [1.29, 1.82) is 0 Å². The van der Waals surface area contributed by atoms with Crippen LogP contribution in [-0.4, -0.2) is 0 Å². The van der Waals surface area contributed by atoms with Crippen molar-refractivity contribution < 1.29 is 0 Å². The van der Waals surface area contributed by atoms with E-state index in [1.54, 1.807) is 0 Å². The first-order valence-electron chi connectivity index (χ1n) is 18.6. The van der Waals surface area contributed by atoms with Crippen molar-refractivity contribution in [2.75, 3.05) is 4.90 Å². The lowest BCUT2D eigenvalue weighted by Crippen LogP contribution is -2.29. The molecule has 53 heavy (non-hydrogen) atoms. The molecule has 0 bridgehead atoms. The highest BCUT2D eigenvalue weighted by Crippen LogP contribution is 2.65. The number of rotatable bonds is 6. The summed E-state index contributed by atoms with van der Waals surface area (Å²) in [5.74, 6) is 0. The average molecular weight is 678 g/mol. The van der Waals surface area contributed by atoms with E-state index < -0.39 is 5.41 Å². The predicted octanol–water partition coefficient (Wildman–Crippen LogP) is 13.5. The van der Waals surface area contributed by atoms with Crippen LogP contribution < -0.4 is 4.90 Å². The fourth-order valence-corrected chi connectivity index (χ4v) is 9.38. The molecule has 0 N–H and O–H groups in total. The quantitative estimate of drug-likeness (QED) is 0.169. The second kappa shape index (κ2) is 12.1. The number of hydrogen-bond donors (Lipinski definition) is 0. The summed E-state index contributed by atoms with van der Waals surface area (Å²) < 4.78 is 0. The molecule has 0 heterocycles. The Morgan fingerprint density at radius 1 is 0.358 bits per heavy atom. The lowest BCUT2D eigenvalue weighted by Gasteiger charge is -2.36. The zero-order valence-corrected chi connectivity index (χ0v) is 30.0. The molecule has 252 valence electrons. The van der Waals surface area contributed by atoms with Gasteiger partial charge in [-0.1, -0.05) is 184 Å². The molecule has 0 saturated heterocycles. The van der Waals surface area contributed by atoms with Gasteiger partial charge in [-0.3, -0.25) is 0 Å². The van der Waals surface area contributed by atoms with Gasteiger partial charge in [-0.2, -0.15) is 0 Å². The normalized spacial score (nSPS) is 14.2. The van der Waals surface area contributed by atoms with Gasteiger partial charge >= 0.3 is 0 Å². The maximum atomic E-state index is 2.59. The molecule has 0 radical (unpaired) electrons. The number of nitrogens with zero attached hydrogens (tertiary/aromatic N) is 1. The highest BCUT2D eigenvalue weighted by molar-refractivity contribution is 6.07. The van der Waals surface area contributed by atoms with Crippen LogP contribution in [0.2, 0.25) is 0 Å². The number of hydrogen-bond acceptors (Lipinski definition) is 1. The summed E-state index contributed by atoms with van der Waals surface area (Å²) in [5, 5.41) is 0.